The summed E-state index contributed by atoms with van der Waals surface area (Å²) in [4.78, 5) is 29.6. The molecule has 1 aromatic rings. The van der Waals surface area contributed by atoms with Gasteiger partial charge in [0.2, 0.25) is 5.88 Å². The minimum absolute atomic E-state index is 0.123. The van der Waals surface area contributed by atoms with Crippen molar-refractivity contribution in [2.75, 3.05) is 20.3 Å². The van der Waals surface area contributed by atoms with E-state index in [1.54, 1.807) is 19.2 Å². The molecule has 0 unspecified atom stereocenters. The third-order valence-corrected chi connectivity index (χ3v) is 4.25. The summed E-state index contributed by atoms with van der Waals surface area (Å²) in [5.74, 6) is -2.00. The van der Waals surface area contributed by atoms with Gasteiger partial charge in [0.15, 0.2) is 6.61 Å². The smallest absolute Gasteiger partial charge is 0.422 e. The molecule has 1 amide bonds. The van der Waals surface area contributed by atoms with Crippen LogP contribution in [0.2, 0.25) is 0 Å². The zero-order valence-electron chi connectivity index (χ0n) is 14.8. The van der Waals surface area contributed by atoms with Crippen LogP contribution in [0.5, 0.6) is 5.88 Å². The largest absolute Gasteiger partial charge is 0.481 e. The molecule has 0 aromatic carbocycles. The van der Waals surface area contributed by atoms with Crippen molar-refractivity contribution in [3.8, 4) is 5.88 Å². The third kappa shape index (κ3) is 4.86. The van der Waals surface area contributed by atoms with Crippen molar-refractivity contribution in [1.29, 1.82) is 0 Å². The molecule has 2 rings (SSSR count). The number of pyridine rings is 1. The summed E-state index contributed by atoms with van der Waals surface area (Å²) in [5.41, 5.74) is 1.46. The van der Waals surface area contributed by atoms with Crippen molar-refractivity contribution in [2.45, 2.75) is 38.9 Å². The molecule has 1 saturated heterocycles. The highest BCUT2D eigenvalue weighted by molar-refractivity contribution is 6.32. The molecule has 0 radical (unpaired) electrons. The van der Waals surface area contributed by atoms with Gasteiger partial charge in [-0.15, -0.1) is 0 Å². The predicted octanol–water partition coefficient (Wildman–Crippen LogP) is 2.80. The molecule has 2 heterocycles. The van der Waals surface area contributed by atoms with Gasteiger partial charge >= 0.3 is 18.1 Å². The summed E-state index contributed by atoms with van der Waals surface area (Å²) < 4.78 is 45.9. The van der Waals surface area contributed by atoms with E-state index in [0.29, 0.717) is 17.9 Å². The van der Waals surface area contributed by atoms with Crippen LogP contribution in [0, 0.1) is 12.8 Å². The molecule has 26 heavy (non-hydrogen) atoms. The number of hydrogen-bond acceptors (Lipinski definition) is 5. The molecule has 0 aliphatic carbocycles. The van der Waals surface area contributed by atoms with Crippen LogP contribution in [0.1, 0.15) is 36.9 Å². The number of amides is 1. The van der Waals surface area contributed by atoms with Gasteiger partial charge in [0.05, 0.1) is 13.2 Å². The summed E-state index contributed by atoms with van der Waals surface area (Å²) in [5, 5.41) is 0. The van der Waals surface area contributed by atoms with Crippen molar-refractivity contribution < 1.29 is 32.2 Å². The van der Waals surface area contributed by atoms with Gasteiger partial charge in [-0.25, -0.2) is 9.78 Å². The van der Waals surface area contributed by atoms with Crippen LogP contribution in [0.25, 0.3) is 0 Å². The lowest BCUT2D eigenvalue weighted by Crippen LogP contribution is -2.45. The third-order valence-electron chi connectivity index (χ3n) is 4.25. The van der Waals surface area contributed by atoms with Crippen LogP contribution < -0.4 is 4.74 Å². The molecule has 0 saturated carbocycles. The predicted molar refractivity (Wildman–Crippen MR) is 85.4 cm³/mol. The molecule has 1 fully saturated rings. The average Bonchev–Trinajstić information content (AvgIpc) is 2.58. The quantitative estimate of drug-likeness (QED) is 0.601. The first kappa shape index (κ1) is 20.0. The molecule has 1 aliphatic heterocycles. The highest BCUT2D eigenvalue weighted by Gasteiger charge is 2.37. The highest BCUT2D eigenvalue weighted by Crippen LogP contribution is 2.34. The minimum Gasteiger partial charge on any atom is -0.481 e. The lowest BCUT2D eigenvalue weighted by Gasteiger charge is -2.38. The van der Waals surface area contributed by atoms with Crippen molar-refractivity contribution in [1.82, 2.24) is 9.88 Å². The molecule has 9 heteroatoms. The summed E-state index contributed by atoms with van der Waals surface area (Å²) in [6, 6.07) is 1.35. The number of esters is 1. The maximum Gasteiger partial charge on any atom is 0.422 e. The molecule has 6 nitrogen and oxygen atoms in total. The Hall–Kier alpha value is -2.32. The van der Waals surface area contributed by atoms with Crippen LogP contribution >= 0.6 is 0 Å². The molecular formula is C17H21F3N2O4. The molecule has 0 spiro atoms. The number of alkyl halides is 3. The number of rotatable bonds is 3. The van der Waals surface area contributed by atoms with E-state index in [-0.39, 0.29) is 12.5 Å². The van der Waals surface area contributed by atoms with Crippen LogP contribution in [0.15, 0.2) is 12.3 Å². The first-order valence-corrected chi connectivity index (χ1v) is 8.17. The number of carbonyl (C=O) groups is 2. The van der Waals surface area contributed by atoms with E-state index in [9.17, 15) is 22.8 Å². The van der Waals surface area contributed by atoms with E-state index in [1.165, 1.54) is 12.0 Å². The van der Waals surface area contributed by atoms with Gasteiger partial charge in [-0.05, 0) is 37.3 Å². The van der Waals surface area contributed by atoms with E-state index >= 15 is 0 Å². The summed E-state index contributed by atoms with van der Waals surface area (Å²) >= 11 is 0. The van der Waals surface area contributed by atoms with Gasteiger partial charge in [0.25, 0.3) is 0 Å². The van der Waals surface area contributed by atoms with Gasteiger partial charge < -0.3 is 14.4 Å². The zero-order chi connectivity index (χ0) is 19.5. The molecular weight excluding hydrogens is 353 g/mol. The maximum atomic E-state index is 12.4. The van der Waals surface area contributed by atoms with Gasteiger partial charge in [-0.1, -0.05) is 6.92 Å². The van der Waals surface area contributed by atoms with Crippen molar-refractivity contribution in [3.63, 3.8) is 0 Å². The van der Waals surface area contributed by atoms with Crippen molar-refractivity contribution in [3.05, 3.63) is 23.4 Å². The van der Waals surface area contributed by atoms with E-state index in [4.69, 9.17) is 4.74 Å². The molecule has 1 aromatic heterocycles. The number of likely N-dealkylation sites (tertiary alicyclic amines) is 1. The normalized spacial score (nSPS) is 20.6. The number of ether oxygens (including phenoxy) is 2. The number of piperidine rings is 1. The van der Waals surface area contributed by atoms with Crippen molar-refractivity contribution in [2.24, 2.45) is 5.92 Å². The lowest BCUT2D eigenvalue weighted by molar-refractivity contribution is -0.190. The monoisotopic (exact) mass is 374 g/mol. The number of nitrogens with zero attached hydrogens (tertiary/aromatic N) is 2. The second-order valence-corrected chi connectivity index (χ2v) is 6.44. The van der Waals surface area contributed by atoms with E-state index in [1.807, 2.05) is 6.92 Å². The fourth-order valence-electron chi connectivity index (χ4n) is 3.03. The van der Waals surface area contributed by atoms with Gasteiger partial charge in [0, 0.05) is 18.3 Å². The van der Waals surface area contributed by atoms with Crippen LogP contribution in [-0.2, 0) is 14.3 Å². The first-order chi connectivity index (χ1) is 12.1. The zero-order valence-corrected chi connectivity index (χ0v) is 14.8. The van der Waals surface area contributed by atoms with Gasteiger partial charge in [0.1, 0.15) is 0 Å². The second kappa shape index (κ2) is 7.92. The Labute approximate surface area is 149 Å². The Balaban J connectivity index is 2.20. The van der Waals surface area contributed by atoms with E-state index in [2.05, 4.69) is 9.72 Å². The lowest BCUT2D eigenvalue weighted by atomic mass is 9.90. The average molecular weight is 374 g/mol. The molecule has 0 bridgehead atoms. The number of methoxy groups -OCH3 is 1. The van der Waals surface area contributed by atoms with Crippen LogP contribution in [0.3, 0.4) is 0 Å². The topological polar surface area (TPSA) is 68.7 Å². The van der Waals surface area contributed by atoms with Crippen LogP contribution in [-0.4, -0.2) is 48.2 Å². The Morgan fingerprint density at radius 2 is 2.04 bits per heavy atom. The number of hydrogen-bond donors (Lipinski definition) is 0. The van der Waals surface area contributed by atoms with E-state index in [0.717, 1.165) is 12.0 Å². The second-order valence-electron chi connectivity index (χ2n) is 6.44. The fraction of sp³-hybridized carbons (Fsp3) is 0.588. The molecule has 2 atom stereocenters. The number of halogens is 3. The number of aromatic nitrogens is 1. The highest BCUT2D eigenvalue weighted by atomic mass is 19.4. The Morgan fingerprint density at radius 3 is 2.62 bits per heavy atom. The SMILES string of the molecule is COc1ncc([C@H]2CC[C@H](C)CN2C(=O)C(=O)OCC(F)(F)F)cc1C. The van der Waals surface area contributed by atoms with Gasteiger partial charge in [-0.2, -0.15) is 13.2 Å². The molecule has 1 aliphatic rings. The first-order valence-electron chi connectivity index (χ1n) is 8.17. The summed E-state index contributed by atoms with van der Waals surface area (Å²) in [6.45, 7) is 2.18. The van der Waals surface area contributed by atoms with E-state index < -0.39 is 30.7 Å². The molecule has 144 valence electrons. The summed E-state index contributed by atoms with van der Waals surface area (Å²) in [6.07, 6.45) is -1.74. The maximum absolute atomic E-state index is 12.4. The Kier molecular flexibility index (Phi) is 6.09. The fourth-order valence-corrected chi connectivity index (χ4v) is 3.03. The standard InChI is InChI=1S/C17H21F3N2O4/c1-10-4-5-13(12-6-11(2)14(25-3)21-7-12)22(8-10)15(23)16(24)26-9-17(18,19)20/h6-7,10,13H,4-5,8-9H2,1-3H3/t10-,13+/m0/s1. The Bertz CT molecular complexity index is 678. The number of aryl methyl sites for hydroxylation is 1. The Morgan fingerprint density at radius 1 is 1.35 bits per heavy atom. The number of carbonyl (C=O) groups excluding carboxylic acids is 2. The molecule has 0 N–H and O–H groups in total. The van der Waals surface area contributed by atoms with Gasteiger partial charge in [-0.3, -0.25) is 4.79 Å². The van der Waals surface area contributed by atoms with Crippen molar-refractivity contribution >= 4 is 11.9 Å². The van der Waals surface area contributed by atoms with Crippen LogP contribution in [0.4, 0.5) is 13.2 Å². The summed E-state index contributed by atoms with van der Waals surface area (Å²) in [7, 11) is 1.49. The minimum atomic E-state index is -4.68.